The summed E-state index contributed by atoms with van der Waals surface area (Å²) in [5, 5.41) is 0. The lowest BCUT2D eigenvalue weighted by molar-refractivity contribution is -0.0752. The quantitative estimate of drug-likeness (QED) is 0.584. The Morgan fingerprint density at radius 3 is 3.00 bits per heavy atom. The minimum absolute atomic E-state index is 0.346. The van der Waals surface area contributed by atoms with E-state index in [0.717, 1.165) is 26.2 Å². The second-order valence-electron chi connectivity index (χ2n) is 2.83. The second-order valence-corrected chi connectivity index (χ2v) is 2.83. The molecular weight excluding hydrogens is 128 g/mol. The summed E-state index contributed by atoms with van der Waals surface area (Å²) in [5.41, 5.74) is 0. The first-order chi connectivity index (χ1) is 4.84. The summed E-state index contributed by atoms with van der Waals surface area (Å²) in [6.45, 7) is 6.75. The van der Waals surface area contributed by atoms with Crippen molar-refractivity contribution in [3.8, 4) is 0 Å². The fourth-order valence-corrected chi connectivity index (χ4v) is 1.25. The topological polar surface area (TPSA) is 18.5 Å². The molecule has 0 radical (unpaired) electrons. The lowest BCUT2D eigenvalue weighted by Gasteiger charge is -2.28. The van der Waals surface area contributed by atoms with Gasteiger partial charge in [-0.2, -0.15) is 0 Å². The summed E-state index contributed by atoms with van der Waals surface area (Å²) in [6.07, 6.45) is 1.49. The van der Waals surface area contributed by atoms with Gasteiger partial charge in [-0.1, -0.05) is 6.92 Å². The van der Waals surface area contributed by atoms with Crippen LogP contribution < -0.4 is 0 Å². The first-order valence-corrected chi connectivity index (χ1v) is 4.04. The molecule has 2 nitrogen and oxygen atoms in total. The van der Waals surface area contributed by atoms with E-state index in [4.69, 9.17) is 9.47 Å². The van der Waals surface area contributed by atoms with Crippen LogP contribution in [0, 0.1) is 5.92 Å². The Morgan fingerprint density at radius 1 is 1.60 bits per heavy atom. The molecule has 1 aliphatic heterocycles. The third-order valence-corrected chi connectivity index (χ3v) is 2.02. The van der Waals surface area contributed by atoms with E-state index in [-0.39, 0.29) is 0 Å². The van der Waals surface area contributed by atoms with Gasteiger partial charge < -0.3 is 9.47 Å². The number of ether oxygens (including phenoxy) is 2. The SMILES string of the molecule is CCOC1COCCC1C. The molecule has 1 heterocycles. The first-order valence-electron chi connectivity index (χ1n) is 4.04. The average molecular weight is 144 g/mol. The zero-order chi connectivity index (χ0) is 7.40. The molecule has 0 bridgehead atoms. The maximum Gasteiger partial charge on any atom is 0.0834 e. The normalized spacial score (nSPS) is 34.2. The smallest absolute Gasteiger partial charge is 0.0834 e. The van der Waals surface area contributed by atoms with Crippen molar-refractivity contribution in [1.29, 1.82) is 0 Å². The molecule has 0 aromatic carbocycles. The molecule has 0 aromatic rings. The first kappa shape index (κ1) is 8.02. The van der Waals surface area contributed by atoms with Crippen molar-refractivity contribution >= 4 is 0 Å². The van der Waals surface area contributed by atoms with Gasteiger partial charge in [0, 0.05) is 13.2 Å². The highest BCUT2D eigenvalue weighted by atomic mass is 16.5. The fourth-order valence-electron chi connectivity index (χ4n) is 1.25. The third kappa shape index (κ3) is 1.96. The van der Waals surface area contributed by atoms with Gasteiger partial charge in [-0.25, -0.2) is 0 Å². The Bertz CT molecular complexity index is 91.3. The predicted octanol–water partition coefficient (Wildman–Crippen LogP) is 1.45. The zero-order valence-corrected chi connectivity index (χ0v) is 6.80. The molecule has 60 valence electrons. The summed E-state index contributed by atoms with van der Waals surface area (Å²) in [4.78, 5) is 0. The molecule has 2 unspecified atom stereocenters. The molecule has 0 spiro atoms. The molecule has 1 saturated heterocycles. The van der Waals surface area contributed by atoms with E-state index in [1.807, 2.05) is 6.92 Å². The van der Waals surface area contributed by atoms with Crippen molar-refractivity contribution in [2.45, 2.75) is 26.4 Å². The number of rotatable bonds is 2. The lowest BCUT2D eigenvalue weighted by atomic mass is 10.00. The van der Waals surface area contributed by atoms with Gasteiger partial charge in [0.05, 0.1) is 12.7 Å². The molecule has 0 aliphatic carbocycles. The van der Waals surface area contributed by atoms with E-state index < -0.39 is 0 Å². The van der Waals surface area contributed by atoms with Gasteiger partial charge in [-0.3, -0.25) is 0 Å². The summed E-state index contributed by atoms with van der Waals surface area (Å²) in [6, 6.07) is 0. The molecule has 2 atom stereocenters. The molecule has 0 aromatic heterocycles. The third-order valence-electron chi connectivity index (χ3n) is 2.02. The Labute approximate surface area is 62.5 Å². The Morgan fingerprint density at radius 2 is 2.40 bits per heavy atom. The van der Waals surface area contributed by atoms with Gasteiger partial charge in [0.25, 0.3) is 0 Å². The molecule has 1 fully saturated rings. The standard InChI is InChI=1S/C8H16O2/c1-3-10-8-6-9-5-4-7(8)2/h7-8H,3-6H2,1-2H3. The van der Waals surface area contributed by atoms with Crippen molar-refractivity contribution in [2.24, 2.45) is 5.92 Å². The van der Waals surface area contributed by atoms with E-state index in [1.165, 1.54) is 0 Å². The molecule has 0 saturated carbocycles. The molecule has 0 N–H and O–H groups in total. The van der Waals surface area contributed by atoms with Gasteiger partial charge in [0.1, 0.15) is 0 Å². The van der Waals surface area contributed by atoms with E-state index in [2.05, 4.69) is 6.92 Å². The average Bonchev–Trinajstić information content (AvgIpc) is 1.94. The zero-order valence-electron chi connectivity index (χ0n) is 6.80. The highest BCUT2D eigenvalue weighted by Gasteiger charge is 2.21. The molecular formula is C8H16O2. The maximum absolute atomic E-state index is 5.47. The van der Waals surface area contributed by atoms with Crippen LogP contribution in [0.4, 0.5) is 0 Å². The Balaban J connectivity index is 2.25. The van der Waals surface area contributed by atoms with Crippen LogP contribution in [-0.4, -0.2) is 25.9 Å². The van der Waals surface area contributed by atoms with Crippen LogP contribution in [0.1, 0.15) is 20.3 Å². The number of hydrogen-bond acceptors (Lipinski definition) is 2. The molecule has 10 heavy (non-hydrogen) atoms. The van der Waals surface area contributed by atoms with Crippen LogP contribution in [0.25, 0.3) is 0 Å². The van der Waals surface area contributed by atoms with Crippen LogP contribution in [0.15, 0.2) is 0 Å². The van der Waals surface area contributed by atoms with Crippen molar-refractivity contribution in [2.75, 3.05) is 19.8 Å². The predicted molar refractivity (Wildman–Crippen MR) is 40.0 cm³/mol. The van der Waals surface area contributed by atoms with E-state index in [0.29, 0.717) is 12.0 Å². The highest BCUT2D eigenvalue weighted by Crippen LogP contribution is 2.16. The van der Waals surface area contributed by atoms with Crippen molar-refractivity contribution < 1.29 is 9.47 Å². The molecule has 0 amide bonds. The van der Waals surface area contributed by atoms with Crippen LogP contribution in [0.5, 0.6) is 0 Å². The molecule has 1 aliphatic rings. The summed E-state index contributed by atoms with van der Waals surface area (Å²) in [5.74, 6) is 0.675. The van der Waals surface area contributed by atoms with Crippen LogP contribution in [0.3, 0.4) is 0 Å². The monoisotopic (exact) mass is 144 g/mol. The van der Waals surface area contributed by atoms with Gasteiger partial charge in [-0.05, 0) is 19.3 Å². The van der Waals surface area contributed by atoms with Gasteiger partial charge in [-0.15, -0.1) is 0 Å². The van der Waals surface area contributed by atoms with Crippen LogP contribution >= 0.6 is 0 Å². The van der Waals surface area contributed by atoms with Gasteiger partial charge in [0.2, 0.25) is 0 Å². The minimum Gasteiger partial charge on any atom is -0.379 e. The van der Waals surface area contributed by atoms with E-state index >= 15 is 0 Å². The van der Waals surface area contributed by atoms with Crippen molar-refractivity contribution in [1.82, 2.24) is 0 Å². The van der Waals surface area contributed by atoms with Gasteiger partial charge >= 0.3 is 0 Å². The highest BCUT2D eigenvalue weighted by molar-refractivity contribution is 4.69. The van der Waals surface area contributed by atoms with Crippen molar-refractivity contribution in [3.63, 3.8) is 0 Å². The van der Waals surface area contributed by atoms with Crippen molar-refractivity contribution in [3.05, 3.63) is 0 Å². The Kier molecular flexibility index (Phi) is 3.16. The van der Waals surface area contributed by atoms with E-state index in [1.54, 1.807) is 0 Å². The van der Waals surface area contributed by atoms with Crippen LogP contribution in [-0.2, 0) is 9.47 Å². The summed E-state index contributed by atoms with van der Waals surface area (Å²) in [7, 11) is 0. The maximum atomic E-state index is 5.47. The lowest BCUT2D eigenvalue weighted by Crippen LogP contribution is -2.32. The second kappa shape index (κ2) is 3.94. The number of hydrogen-bond donors (Lipinski definition) is 0. The largest absolute Gasteiger partial charge is 0.379 e. The van der Waals surface area contributed by atoms with Crippen LogP contribution in [0.2, 0.25) is 0 Å². The molecule has 2 heteroatoms. The summed E-state index contributed by atoms with van der Waals surface area (Å²) < 4.78 is 10.8. The van der Waals surface area contributed by atoms with Gasteiger partial charge in [0.15, 0.2) is 0 Å². The summed E-state index contributed by atoms with van der Waals surface area (Å²) >= 11 is 0. The van der Waals surface area contributed by atoms with E-state index in [9.17, 15) is 0 Å². The fraction of sp³-hybridized carbons (Fsp3) is 1.00. The molecule has 1 rings (SSSR count). The Hall–Kier alpha value is -0.0800. The minimum atomic E-state index is 0.346.